The van der Waals surface area contributed by atoms with Crippen molar-refractivity contribution in [2.45, 2.75) is 26.3 Å². The lowest BCUT2D eigenvalue weighted by Crippen LogP contribution is -3.14. The van der Waals surface area contributed by atoms with Gasteiger partial charge in [-0.15, -0.1) is 11.3 Å². The summed E-state index contributed by atoms with van der Waals surface area (Å²) in [5.41, 5.74) is 0. The Balaban J connectivity index is 1.64. The maximum atomic E-state index is 11.8. The maximum absolute atomic E-state index is 11.8. The average Bonchev–Trinajstić information content (AvgIpc) is 2.92. The third kappa shape index (κ3) is 4.94. The van der Waals surface area contributed by atoms with E-state index in [1.165, 1.54) is 4.90 Å². The molecule has 3 N–H and O–H groups in total. The molecule has 1 aliphatic rings. The molecule has 6 heteroatoms. The summed E-state index contributed by atoms with van der Waals surface area (Å²) >= 11 is 1.58. The van der Waals surface area contributed by atoms with Crippen LogP contribution in [0.15, 0.2) is 17.5 Å². The summed E-state index contributed by atoms with van der Waals surface area (Å²) in [5.74, 6) is 0.564. The number of hydrogen-bond donors (Lipinski definition) is 3. The van der Waals surface area contributed by atoms with Crippen molar-refractivity contribution in [2.75, 3.05) is 19.6 Å². The van der Waals surface area contributed by atoms with E-state index >= 15 is 0 Å². The van der Waals surface area contributed by atoms with Gasteiger partial charge in [0.15, 0.2) is 6.54 Å². The Bertz CT molecular complexity index is 439. The second-order valence-electron chi connectivity index (χ2n) is 5.42. The number of carbonyl (C=O) groups excluding carboxylic acids is 2. The van der Waals surface area contributed by atoms with Crippen LogP contribution in [0, 0.1) is 5.92 Å². The first-order valence-electron chi connectivity index (χ1n) is 7.07. The summed E-state index contributed by atoms with van der Waals surface area (Å²) in [6.07, 6.45) is 2.32. The molecule has 0 aliphatic carbocycles. The normalized spacial score (nSPS) is 22.2. The van der Waals surface area contributed by atoms with Gasteiger partial charge in [-0.2, -0.15) is 0 Å². The molecular weight excluding hydrogens is 274 g/mol. The summed E-state index contributed by atoms with van der Waals surface area (Å²) in [4.78, 5) is 25.7. The Morgan fingerprint density at radius 2 is 2.15 bits per heavy atom. The molecule has 0 bridgehead atoms. The predicted octanol–water partition coefficient (Wildman–Crippen LogP) is 0.389. The van der Waals surface area contributed by atoms with Gasteiger partial charge in [-0.3, -0.25) is 10.1 Å². The zero-order valence-electron chi connectivity index (χ0n) is 11.8. The standard InChI is InChI=1S/C14H21N3O2S/c1-11-4-6-17(7-5-11)10-13(18)16-14(19)15-9-12-3-2-8-20-12/h2-3,8,11H,4-7,9-10H2,1H3,(H2,15,16,18,19)/p+1. The van der Waals surface area contributed by atoms with Crippen LogP contribution in [0.5, 0.6) is 0 Å². The van der Waals surface area contributed by atoms with Gasteiger partial charge in [0.1, 0.15) is 0 Å². The van der Waals surface area contributed by atoms with Crippen molar-refractivity contribution in [3.63, 3.8) is 0 Å². The van der Waals surface area contributed by atoms with Crippen LogP contribution in [-0.4, -0.2) is 31.6 Å². The maximum Gasteiger partial charge on any atom is 0.321 e. The molecular formula is C14H22N3O2S+. The minimum atomic E-state index is -0.409. The van der Waals surface area contributed by atoms with E-state index in [1.54, 1.807) is 11.3 Å². The fraction of sp³-hybridized carbons (Fsp3) is 0.571. The van der Waals surface area contributed by atoms with Crippen molar-refractivity contribution in [1.29, 1.82) is 0 Å². The van der Waals surface area contributed by atoms with Crippen LogP contribution in [0.25, 0.3) is 0 Å². The highest BCUT2D eigenvalue weighted by Crippen LogP contribution is 2.07. The molecule has 1 aliphatic heterocycles. The lowest BCUT2D eigenvalue weighted by molar-refractivity contribution is -0.898. The molecule has 0 atom stereocenters. The summed E-state index contributed by atoms with van der Waals surface area (Å²) in [7, 11) is 0. The van der Waals surface area contributed by atoms with Gasteiger partial charge in [0.05, 0.1) is 19.6 Å². The molecule has 1 aromatic heterocycles. The highest BCUT2D eigenvalue weighted by molar-refractivity contribution is 7.09. The molecule has 2 heterocycles. The summed E-state index contributed by atoms with van der Waals surface area (Å²) in [6.45, 7) is 5.13. The van der Waals surface area contributed by atoms with Crippen molar-refractivity contribution in [3.8, 4) is 0 Å². The predicted molar refractivity (Wildman–Crippen MR) is 78.7 cm³/mol. The average molecular weight is 296 g/mol. The Morgan fingerprint density at radius 1 is 1.40 bits per heavy atom. The van der Waals surface area contributed by atoms with E-state index in [0.717, 1.165) is 36.7 Å². The summed E-state index contributed by atoms with van der Waals surface area (Å²) in [6, 6.07) is 3.48. The van der Waals surface area contributed by atoms with Gasteiger partial charge in [0.2, 0.25) is 0 Å². The molecule has 1 saturated heterocycles. The lowest BCUT2D eigenvalue weighted by Gasteiger charge is -2.26. The number of urea groups is 1. The van der Waals surface area contributed by atoms with Crippen molar-refractivity contribution in [3.05, 3.63) is 22.4 Å². The van der Waals surface area contributed by atoms with Gasteiger partial charge in [-0.05, 0) is 30.2 Å². The SMILES string of the molecule is CC1CC[NH+](CC(=O)NC(=O)NCc2cccs2)CC1. The van der Waals surface area contributed by atoms with E-state index in [2.05, 4.69) is 17.6 Å². The van der Waals surface area contributed by atoms with E-state index in [1.807, 2.05) is 17.5 Å². The number of nitrogens with one attached hydrogen (secondary N) is 3. The lowest BCUT2D eigenvalue weighted by atomic mass is 9.99. The number of thiophene rings is 1. The molecule has 0 spiro atoms. The Morgan fingerprint density at radius 3 is 2.80 bits per heavy atom. The molecule has 0 unspecified atom stereocenters. The van der Waals surface area contributed by atoms with Crippen molar-refractivity contribution < 1.29 is 14.5 Å². The van der Waals surface area contributed by atoms with Gasteiger partial charge in [-0.1, -0.05) is 13.0 Å². The van der Waals surface area contributed by atoms with E-state index in [9.17, 15) is 9.59 Å². The van der Waals surface area contributed by atoms with E-state index < -0.39 is 6.03 Å². The van der Waals surface area contributed by atoms with E-state index in [4.69, 9.17) is 0 Å². The van der Waals surface area contributed by atoms with E-state index in [0.29, 0.717) is 13.1 Å². The van der Waals surface area contributed by atoms with Crippen molar-refractivity contribution in [1.82, 2.24) is 10.6 Å². The van der Waals surface area contributed by atoms with Crippen LogP contribution in [0.2, 0.25) is 0 Å². The van der Waals surface area contributed by atoms with Crippen molar-refractivity contribution >= 4 is 23.3 Å². The Hall–Kier alpha value is -1.40. The quantitative estimate of drug-likeness (QED) is 0.752. The van der Waals surface area contributed by atoms with Gasteiger partial charge in [0, 0.05) is 4.88 Å². The Kier molecular flexibility index (Phi) is 5.55. The molecule has 0 radical (unpaired) electrons. The van der Waals surface area contributed by atoms with Crippen LogP contribution in [-0.2, 0) is 11.3 Å². The molecule has 5 nitrogen and oxygen atoms in total. The first-order chi connectivity index (χ1) is 9.63. The van der Waals surface area contributed by atoms with Gasteiger partial charge < -0.3 is 10.2 Å². The minimum Gasteiger partial charge on any atom is -0.333 e. The number of likely N-dealkylation sites (tertiary alicyclic amines) is 1. The second-order valence-corrected chi connectivity index (χ2v) is 6.45. The van der Waals surface area contributed by atoms with E-state index in [-0.39, 0.29) is 5.91 Å². The monoisotopic (exact) mass is 296 g/mol. The number of amides is 3. The van der Waals surface area contributed by atoms with Crippen LogP contribution in [0.1, 0.15) is 24.6 Å². The second kappa shape index (κ2) is 7.40. The fourth-order valence-corrected chi connectivity index (χ4v) is 3.01. The molecule has 20 heavy (non-hydrogen) atoms. The van der Waals surface area contributed by atoms with Gasteiger partial charge in [-0.25, -0.2) is 4.79 Å². The molecule has 0 saturated carbocycles. The number of carbonyl (C=O) groups is 2. The number of piperidine rings is 1. The first kappa shape index (κ1) is 15.0. The first-order valence-corrected chi connectivity index (χ1v) is 7.95. The van der Waals surface area contributed by atoms with Crippen LogP contribution in [0.3, 0.4) is 0 Å². The molecule has 1 fully saturated rings. The van der Waals surface area contributed by atoms with Crippen LogP contribution >= 0.6 is 11.3 Å². The number of hydrogen-bond acceptors (Lipinski definition) is 3. The molecule has 1 aromatic rings. The van der Waals surface area contributed by atoms with Gasteiger partial charge >= 0.3 is 6.03 Å². The topological polar surface area (TPSA) is 62.6 Å². The number of quaternary nitrogens is 1. The van der Waals surface area contributed by atoms with Crippen molar-refractivity contribution in [2.24, 2.45) is 5.92 Å². The number of rotatable bonds is 4. The third-order valence-corrected chi connectivity index (χ3v) is 4.52. The van der Waals surface area contributed by atoms with Crippen LogP contribution < -0.4 is 15.5 Å². The number of imide groups is 1. The smallest absolute Gasteiger partial charge is 0.321 e. The van der Waals surface area contributed by atoms with Gasteiger partial charge in [0.25, 0.3) is 5.91 Å². The molecule has 110 valence electrons. The third-order valence-electron chi connectivity index (χ3n) is 3.65. The summed E-state index contributed by atoms with van der Waals surface area (Å²) in [5, 5.41) is 7.05. The molecule has 3 amide bonds. The highest BCUT2D eigenvalue weighted by Gasteiger charge is 2.21. The fourth-order valence-electron chi connectivity index (χ4n) is 2.37. The zero-order chi connectivity index (χ0) is 14.4. The summed E-state index contributed by atoms with van der Waals surface area (Å²) < 4.78 is 0. The zero-order valence-corrected chi connectivity index (χ0v) is 12.6. The molecule has 2 rings (SSSR count). The largest absolute Gasteiger partial charge is 0.333 e. The molecule has 0 aromatic carbocycles. The minimum absolute atomic E-state index is 0.196. The highest BCUT2D eigenvalue weighted by atomic mass is 32.1. The van der Waals surface area contributed by atoms with Crippen LogP contribution in [0.4, 0.5) is 4.79 Å². The Labute approximate surface area is 123 Å².